The SMILES string of the molecule is C/C(=N\NC(=O)c1cc(C(C)C)[nH]n1)c1ccco1. The van der Waals surface area contributed by atoms with Crippen molar-refractivity contribution in [2.75, 3.05) is 0 Å². The average molecular weight is 260 g/mol. The van der Waals surface area contributed by atoms with Crippen LogP contribution in [0, 0.1) is 0 Å². The summed E-state index contributed by atoms with van der Waals surface area (Å²) in [5.41, 5.74) is 4.27. The monoisotopic (exact) mass is 260 g/mol. The Morgan fingerprint density at radius 2 is 2.32 bits per heavy atom. The van der Waals surface area contributed by atoms with Crippen LogP contribution in [0.4, 0.5) is 0 Å². The molecule has 0 aliphatic heterocycles. The Balaban J connectivity index is 2.03. The van der Waals surface area contributed by atoms with Crippen LogP contribution >= 0.6 is 0 Å². The lowest BCUT2D eigenvalue weighted by Crippen LogP contribution is -2.19. The van der Waals surface area contributed by atoms with Gasteiger partial charge in [0.25, 0.3) is 5.91 Å². The third kappa shape index (κ3) is 3.09. The molecule has 0 saturated heterocycles. The quantitative estimate of drug-likeness (QED) is 0.653. The van der Waals surface area contributed by atoms with Gasteiger partial charge in [-0.1, -0.05) is 13.8 Å². The van der Waals surface area contributed by atoms with Crippen LogP contribution in [0.5, 0.6) is 0 Å². The summed E-state index contributed by atoms with van der Waals surface area (Å²) in [6, 6.07) is 5.26. The van der Waals surface area contributed by atoms with E-state index in [1.54, 1.807) is 31.4 Å². The zero-order valence-electron chi connectivity index (χ0n) is 11.1. The van der Waals surface area contributed by atoms with Crippen LogP contribution < -0.4 is 5.43 Å². The lowest BCUT2D eigenvalue weighted by Gasteiger charge is -1.98. The first-order valence-electron chi connectivity index (χ1n) is 6.01. The third-order valence-corrected chi connectivity index (χ3v) is 2.66. The molecule has 6 heteroatoms. The number of hydrogen-bond donors (Lipinski definition) is 2. The van der Waals surface area contributed by atoms with Crippen molar-refractivity contribution in [3.63, 3.8) is 0 Å². The molecule has 2 aromatic heterocycles. The summed E-state index contributed by atoms with van der Waals surface area (Å²) in [5, 5.41) is 10.7. The second kappa shape index (κ2) is 5.51. The molecule has 0 aliphatic rings. The molecule has 0 aliphatic carbocycles. The fourth-order valence-corrected chi connectivity index (χ4v) is 1.48. The Hall–Kier alpha value is -2.37. The second-order valence-corrected chi connectivity index (χ2v) is 4.48. The molecule has 1 amide bonds. The number of rotatable bonds is 4. The summed E-state index contributed by atoms with van der Waals surface area (Å²) in [5.74, 6) is 0.557. The Morgan fingerprint density at radius 1 is 1.53 bits per heavy atom. The van der Waals surface area contributed by atoms with E-state index in [2.05, 4.69) is 20.7 Å². The van der Waals surface area contributed by atoms with E-state index in [1.165, 1.54) is 0 Å². The molecule has 0 fully saturated rings. The highest BCUT2D eigenvalue weighted by Crippen LogP contribution is 2.11. The Bertz CT molecular complexity index is 582. The molecule has 0 radical (unpaired) electrons. The first-order valence-corrected chi connectivity index (χ1v) is 6.01. The van der Waals surface area contributed by atoms with Gasteiger partial charge in [-0.2, -0.15) is 10.2 Å². The number of hydrogen-bond acceptors (Lipinski definition) is 4. The fourth-order valence-electron chi connectivity index (χ4n) is 1.48. The molecule has 100 valence electrons. The molecule has 2 heterocycles. The van der Waals surface area contributed by atoms with Gasteiger partial charge in [-0.25, -0.2) is 5.43 Å². The number of aromatic amines is 1. The van der Waals surface area contributed by atoms with Gasteiger partial charge in [-0.15, -0.1) is 0 Å². The molecule has 19 heavy (non-hydrogen) atoms. The molecule has 0 bridgehead atoms. The Morgan fingerprint density at radius 3 is 2.89 bits per heavy atom. The van der Waals surface area contributed by atoms with Gasteiger partial charge in [0.1, 0.15) is 11.5 Å². The van der Waals surface area contributed by atoms with Gasteiger partial charge in [0, 0.05) is 5.69 Å². The number of hydrazone groups is 1. The number of carbonyl (C=O) groups excluding carboxylic acids is 1. The average Bonchev–Trinajstić information content (AvgIpc) is 3.05. The Labute approximate surface area is 110 Å². The number of nitrogens with one attached hydrogen (secondary N) is 2. The van der Waals surface area contributed by atoms with Crippen LogP contribution in [0.3, 0.4) is 0 Å². The molecular weight excluding hydrogens is 244 g/mol. The van der Waals surface area contributed by atoms with E-state index in [1.807, 2.05) is 13.8 Å². The van der Waals surface area contributed by atoms with Crippen molar-refractivity contribution in [1.82, 2.24) is 15.6 Å². The normalized spacial score (nSPS) is 11.9. The summed E-state index contributed by atoms with van der Waals surface area (Å²) >= 11 is 0. The van der Waals surface area contributed by atoms with Crippen LogP contribution in [0.2, 0.25) is 0 Å². The maximum absolute atomic E-state index is 11.8. The highest BCUT2D eigenvalue weighted by Gasteiger charge is 2.11. The molecule has 0 aromatic carbocycles. The molecule has 2 aromatic rings. The van der Waals surface area contributed by atoms with Gasteiger partial charge in [0.05, 0.1) is 6.26 Å². The highest BCUT2D eigenvalue weighted by atomic mass is 16.3. The largest absolute Gasteiger partial charge is 0.463 e. The van der Waals surface area contributed by atoms with Crippen LogP contribution in [0.15, 0.2) is 34.0 Å². The minimum absolute atomic E-state index is 0.294. The van der Waals surface area contributed by atoms with Crippen molar-refractivity contribution in [2.24, 2.45) is 5.10 Å². The summed E-state index contributed by atoms with van der Waals surface area (Å²) in [6.07, 6.45) is 1.55. The molecule has 2 rings (SSSR count). The van der Waals surface area contributed by atoms with Crippen LogP contribution in [0.25, 0.3) is 0 Å². The van der Waals surface area contributed by atoms with Gasteiger partial charge in [0.2, 0.25) is 0 Å². The van der Waals surface area contributed by atoms with Crippen molar-refractivity contribution < 1.29 is 9.21 Å². The molecular formula is C13H16N4O2. The van der Waals surface area contributed by atoms with Crippen LogP contribution in [-0.2, 0) is 0 Å². The lowest BCUT2D eigenvalue weighted by atomic mass is 10.1. The maximum atomic E-state index is 11.8. The maximum Gasteiger partial charge on any atom is 0.291 e. The first kappa shape index (κ1) is 13.1. The summed E-state index contributed by atoms with van der Waals surface area (Å²) in [6.45, 7) is 5.80. The number of amides is 1. The van der Waals surface area contributed by atoms with Gasteiger partial charge < -0.3 is 4.42 Å². The standard InChI is InChI=1S/C13H16N4O2/c1-8(2)10-7-11(16-15-10)13(18)17-14-9(3)12-5-4-6-19-12/h4-8H,1-3H3,(H,15,16)(H,17,18)/b14-9+. The summed E-state index contributed by atoms with van der Waals surface area (Å²) in [7, 11) is 0. The number of nitrogens with zero attached hydrogens (tertiary/aromatic N) is 2. The predicted molar refractivity (Wildman–Crippen MR) is 71.1 cm³/mol. The number of furan rings is 1. The lowest BCUT2D eigenvalue weighted by molar-refractivity contribution is 0.0950. The van der Waals surface area contributed by atoms with E-state index in [0.29, 0.717) is 23.1 Å². The van der Waals surface area contributed by atoms with Gasteiger partial charge in [-0.05, 0) is 31.0 Å². The molecule has 0 atom stereocenters. The zero-order chi connectivity index (χ0) is 13.8. The van der Waals surface area contributed by atoms with E-state index in [4.69, 9.17) is 4.42 Å². The van der Waals surface area contributed by atoms with Crippen LogP contribution in [-0.4, -0.2) is 21.8 Å². The highest BCUT2D eigenvalue weighted by molar-refractivity contribution is 5.98. The van der Waals surface area contributed by atoms with E-state index in [-0.39, 0.29) is 5.91 Å². The van der Waals surface area contributed by atoms with E-state index >= 15 is 0 Å². The minimum Gasteiger partial charge on any atom is -0.463 e. The smallest absolute Gasteiger partial charge is 0.291 e. The van der Waals surface area contributed by atoms with Crippen LogP contribution in [0.1, 0.15) is 48.6 Å². The molecule has 0 saturated carbocycles. The molecule has 2 N–H and O–H groups in total. The van der Waals surface area contributed by atoms with Crippen molar-refractivity contribution in [3.8, 4) is 0 Å². The summed E-state index contributed by atoms with van der Waals surface area (Å²) < 4.78 is 5.16. The minimum atomic E-state index is -0.353. The van der Waals surface area contributed by atoms with Gasteiger partial charge in [0.15, 0.2) is 5.69 Å². The van der Waals surface area contributed by atoms with E-state index in [9.17, 15) is 4.79 Å². The van der Waals surface area contributed by atoms with E-state index in [0.717, 1.165) is 5.69 Å². The molecule has 0 unspecified atom stereocenters. The topological polar surface area (TPSA) is 83.3 Å². The van der Waals surface area contributed by atoms with Gasteiger partial charge >= 0.3 is 0 Å². The van der Waals surface area contributed by atoms with Gasteiger partial charge in [-0.3, -0.25) is 9.89 Å². The third-order valence-electron chi connectivity index (χ3n) is 2.66. The molecule has 6 nitrogen and oxygen atoms in total. The van der Waals surface area contributed by atoms with Crippen molar-refractivity contribution >= 4 is 11.6 Å². The van der Waals surface area contributed by atoms with Crippen molar-refractivity contribution in [2.45, 2.75) is 26.7 Å². The molecule has 0 spiro atoms. The second-order valence-electron chi connectivity index (χ2n) is 4.48. The Kier molecular flexibility index (Phi) is 3.79. The van der Waals surface area contributed by atoms with E-state index < -0.39 is 0 Å². The van der Waals surface area contributed by atoms with Crippen molar-refractivity contribution in [3.05, 3.63) is 41.6 Å². The predicted octanol–water partition coefficient (Wildman–Crippen LogP) is 2.28. The number of carbonyl (C=O) groups is 1. The summed E-state index contributed by atoms with van der Waals surface area (Å²) in [4.78, 5) is 11.8. The van der Waals surface area contributed by atoms with Crippen molar-refractivity contribution in [1.29, 1.82) is 0 Å². The first-order chi connectivity index (χ1) is 9.08. The number of aromatic nitrogens is 2. The number of H-pyrrole nitrogens is 1. The zero-order valence-corrected chi connectivity index (χ0v) is 11.1. The fraction of sp³-hybridized carbons (Fsp3) is 0.308.